The highest BCUT2D eigenvalue weighted by Gasteiger charge is 2.13. The Morgan fingerprint density at radius 1 is 1.30 bits per heavy atom. The van der Waals surface area contributed by atoms with Crippen molar-refractivity contribution >= 4 is 11.4 Å². The van der Waals surface area contributed by atoms with Crippen molar-refractivity contribution < 1.29 is 4.68 Å². The second-order valence-corrected chi connectivity index (χ2v) is 4.95. The number of anilines is 1. The molecule has 5 heteroatoms. The van der Waals surface area contributed by atoms with Crippen LogP contribution < -0.4 is 15.4 Å². The Balaban J connectivity index is 2.30. The van der Waals surface area contributed by atoms with E-state index >= 15 is 0 Å². The fourth-order valence-corrected chi connectivity index (χ4v) is 2.08. The van der Waals surface area contributed by atoms with Crippen LogP contribution in [-0.2, 0) is 6.42 Å². The summed E-state index contributed by atoms with van der Waals surface area (Å²) in [5.74, 6) is 6.81. The lowest BCUT2D eigenvalue weighted by atomic mass is 10.1. The highest BCUT2D eigenvalue weighted by molar-refractivity contribution is 5.98. The van der Waals surface area contributed by atoms with E-state index in [-0.39, 0.29) is 0 Å². The molecule has 0 aliphatic carbocycles. The maximum atomic E-state index is 5.84. The molecular weight excluding hydrogens is 250 g/mol. The van der Waals surface area contributed by atoms with Gasteiger partial charge in [0.25, 0.3) is 0 Å². The molecule has 1 aromatic heterocycles. The summed E-state index contributed by atoms with van der Waals surface area (Å²) in [6.45, 7) is 4.07. The largest absolute Gasteiger partial charge is 0.378 e. The molecule has 0 bridgehead atoms. The van der Waals surface area contributed by atoms with Gasteiger partial charge in [-0.05, 0) is 24.6 Å². The highest BCUT2D eigenvalue weighted by atomic mass is 15.4. The third-order valence-corrected chi connectivity index (χ3v) is 3.31. The third kappa shape index (κ3) is 2.82. The lowest BCUT2D eigenvalue weighted by Crippen LogP contribution is -2.46. The van der Waals surface area contributed by atoms with Crippen molar-refractivity contribution in [3.63, 3.8) is 0 Å². The molecule has 0 unspecified atom stereocenters. The smallest absolute Gasteiger partial charge is 0.304 e. The number of imidazole rings is 1. The molecule has 0 spiro atoms. The van der Waals surface area contributed by atoms with Gasteiger partial charge in [0.15, 0.2) is 12.4 Å². The van der Waals surface area contributed by atoms with Crippen molar-refractivity contribution in [2.75, 3.05) is 24.8 Å². The summed E-state index contributed by atoms with van der Waals surface area (Å²) in [5.41, 5.74) is 3.24. The summed E-state index contributed by atoms with van der Waals surface area (Å²) in [4.78, 5) is 2.08. The molecule has 2 rings (SSSR count). The zero-order chi connectivity index (χ0) is 14.7. The van der Waals surface area contributed by atoms with Gasteiger partial charge in [0.05, 0.1) is 12.1 Å². The van der Waals surface area contributed by atoms with Crippen LogP contribution in [0.3, 0.4) is 0 Å². The molecule has 2 N–H and O–H groups in total. The van der Waals surface area contributed by atoms with Crippen molar-refractivity contribution in [1.29, 1.82) is 0 Å². The zero-order valence-electron chi connectivity index (χ0n) is 12.5. The van der Waals surface area contributed by atoms with E-state index in [1.807, 2.05) is 38.1 Å². The van der Waals surface area contributed by atoms with E-state index in [1.165, 1.54) is 5.69 Å². The van der Waals surface area contributed by atoms with Gasteiger partial charge in [0.2, 0.25) is 0 Å². The van der Waals surface area contributed by atoms with Crippen molar-refractivity contribution in [2.45, 2.75) is 20.3 Å². The topological polar surface area (TPSA) is 50.4 Å². The number of aromatic nitrogens is 2. The van der Waals surface area contributed by atoms with E-state index in [1.54, 1.807) is 4.68 Å². The number of benzene rings is 1. The Bertz CT molecular complexity index is 608. The summed E-state index contributed by atoms with van der Waals surface area (Å²) in [7, 11) is 4.06. The number of hydrogen-bond acceptors (Lipinski definition) is 3. The van der Waals surface area contributed by atoms with Crippen LogP contribution in [0.2, 0.25) is 0 Å². The second-order valence-electron chi connectivity index (χ2n) is 4.95. The van der Waals surface area contributed by atoms with Gasteiger partial charge in [0.1, 0.15) is 0 Å². The van der Waals surface area contributed by atoms with Crippen molar-refractivity contribution in [3.05, 3.63) is 48.0 Å². The Morgan fingerprint density at radius 3 is 2.50 bits per heavy atom. The van der Waals surface area contributed by atoms with Gasteiger partial charge in [-0.3, -0.25) is 5.84 Å². The molecule has 2 aromatic rings. The van der Waals surface area contributed by atoms with Gasteiger partial charge in [0, 0.05) is 19.8 Å². The summed E-state index contributed by atoms with van der Waals surface area (Å²) < 4.78 is 3.43. The molecule has 1 heterocycles. The van der Waals surface area contributed by atoms with Gasteiger partial charge in [-0.1, -0.05) is 24.2 Å². The first kappa shape index (κ1) is 14.1. The molecule has 0 fully saturated rings. The summed E-state index contributed by atoms with van der Waals surface area (Å²) in [5, 5.41) is 4.61. The predicted octanol–water partition coefficient (Wildman–Crippen LogP) is 1.39. The number of nitrogens with zero attached hydrogens (tertiary/aromatic N) is 4. The minimum absolute atomic E-state index is 0.833. The highest BCUT2D eigenvalue weighted by Crippen LogP contribution is 2.13. The number of rotatable bonds is 4. The van der Waals surface area contributed by atoms with Gasteiger partial charge in [-0.25, -0.2) is 0 Å². The van der Waals surface area contributed by atoms with Crippen LogP contribution in [0.25, 0.3) is 0 Å². The van der Waals surface area contributed by atoms with E-state index in [9.17, 15) is 0 Å². The van der Waals surface area contributed by atoms with E-state index in [0.29, 0.717) is 0 Å². The van der Waals surface area contributed by atoms with Crippen LogP contribution in [0.1, 0.15) is 25.2 Å². The molecule has 0 saturated heterocycles. The van der Waals surface area contributed by atoms with Crippen LogP contribution in [-0.4, -0.2) is 24.5 Å². The average Bonchev–Trinajstić information content (AvgIpc) is 2.79. The molecule has 0 aliphatic rings. The lowest BCUT2D eigenvalue weighted by molar-refractivity contribution is -0.646. The van der Waals surface area contributed by atoms with Gasteiger partial charge >= 0.3 is 5.82 Å². The van der Waals surface area contributed by atoms with E-state index in [0.717, 1.165) is 23.5 Å². The monoisotopic (exact) mass is 272 g/mol. The molecule has 5 nitrogen and oxygen atoms in total. The zero-order valence-corrected chi connectivity index (χ0v) is 12.5. The van der Waals surface area contributed by atoms with Crippen LogP contribution >= 0.6 is 0 Å². The summed E-state index contributed by atoms with van der Waals surface area (Å²) >= 11 is 0. The fourth-order valence-electron chi connectivity index (χ4n) is 2.08. The maximum absolute atomic E-state index is 5.84. The van der Waals surface area contributed by atoms with E-state index in [2.05, 4.69) is 41.2 Å². The van der Waals surface area contributed by atoms with Crippen molar-refractivity contribution in [1.82, 2.24) is 4.68 Å². The van der Waals surface area contributed by atoms with E-state index < -0.39 is 0 Å². The summed E-state index contributed by atoms with van der Waals surface area (Å²) in [6.07, 6.45) is 4.52. The number of nitrogen functional groups attached to an aromatic ring is 1. The molecule has 20 heavy (non-hydrogen) atoms. The molecule has 0 radical (unpaired) electrons. The first-order valence-electron chi connectivity index (χ1n) is 6.73. The minimum Gasteiger partial charge on any atom is -0.378 e. The first-order valence-corrected chi connectivity index (χ1v) is 6.73. The fraction of sp³-hybridized carbons (Fsp3) is 0.333. The Morgan fingerprint density at radius 2 is 1.95 bits per heavy atom. The molecule has 0 atom stereocenters. The molecule has 0 aliphatic heterocycles. The Labute approximate surface area is 119 Å². The van der Waals surface area contributed by atoms with Crippen molar-refractivity contribution in [3.8, 4) is 0 Å². The van der Waals surface area contributed by atoms with Gasteiger partial charge in [-0.15, -0.1) is 9.35 Å². The third-order valence-electron chi connectivity index (χ3n) is 3.31. The minimum atomic E-state index is 0.833. The Kier molecular flexibility index (Phi) is 4.08. The van der Waals surface area contributed by atoms with Crippen LogP contribution in [0, 0.1) is 0 Å². The molecule has 1 aromatic carbocycles. The number of hydrogen-bond donors (Lipinski definition) is 1. The SMILES string of the molecule is CCc1n(/N=C(\C)c2ccc(N(C)C)cc2)cc[n+]1N. The van der Waals surface area contributed by atoms with Crippen LogP contribution in [0.15, 0.2) is 41.8 Å². The number of nitrogens with two attached hydrogens (primary N) is 1. The standard InChI is InChI=1S/C15H22N5/c1-5-15-19(16)10-11-20(15)17-12(2)13-6-8-14(9-7-13)18(3)4/h6-11H,5,16H2,1-4H3/q+1/b17-12+. The molecular formula is C15H22N5+. The lowest BCUT2D eigenvalue weighted by Gasteiger charge is -2.12. The van der Waals surface area contributed by atoms with Crippen LogP contribution in [0.4, 0.5) is 5.69 Å². The quantitative estimate of drug-likeness (QED) is 0.519. The molecule has 0 amide bonds. The molecule has 106 valence electrons. The second kappa shape index (κ2) is 5.77. The van der Waals surface area contributed by atoms with Gasteiger partial charge in [-0.2, -0.15) is 0 Å². The van der Waals surface area contributed by atoms with Crippen molar-refractivity contribution in [2.24, 2.45) is 5.10 Å². The Hall–Kier alpha value is -2.30. The summed E-state index contributed by atoms with van der Waals surface area (Å²) in [6, 6.07) is 8.35. The first-order chi connectivity index (χ1) is 9.52. The predicted molar refractivity (Wildman–Crippen MR) is 82.5 cm³/mol. The van der Waals surface area contributed by atoms with Crippen LogP contribution in [0.5, 0.6) is 0 Å². The maximum Gasteiger partial charge on any atom is 0.304 e. The average molecular weight is 272 g/mol. The molecule has 0 saturated carbocycles. The van der Waals surface area contributed by atoms with Gasteiger partial charge < -0.3 is 4.90 Å². The van der Waals surface area contributed by atoms with E-state index in [4.69, 9.17) is 5.84 Å². The normalized spacial score (nSPS) is 11.7.